The van der Waals surface area contributed by atoms with Gasteiger partial charge in [0.25, 0.3) is 0 Å². The summed E-state index contributed by atoms with van der Waals surface area (Å²) in [5, 5.41) is 9.27. The molecule has 0 aromatic carbocycles. The molecule has 1 rings (SSSR count). The molecule has 92 valence electrons. The molecular formula is C14H26N2. The van der Waals surface area contributed by atoms with Crippen LogP contribution in [0.25, 0.3) is 0 Å². The molecule has 1 fully saturated rings. The second-order valence-corrected chi connectivity index (χ2v) is 5.55. The quantitative estimate of drug-likeness (QED) is 0.728. The van der Waals surface area contributed by atoms with Crippen molar-refractivity contribution in [1.82, 2.24) is 4.90 Å². The molecule has 1 aliphatic rings. The van der Waals surface area contributed by atoms with E-state index in [0.29, 0.717) is 12.1 Å². The van der Waals surface area contributed by atoms with Crippen molar-refractivity contribution in [1.29, 1.82) is 5.26 Å². The Morgan fingerprint density at radius 3 is 2.56 bits per heavy atom. The zero-order valence-corrected chi connectivity index (χ0v) is 11.2. The van der Waals surface area contributed by atoms with Gasteiger partial charge in [0.2, 0.25) is 0 Å². The lowest BCUT2D eigenvalue weighted by molar-refractivity contribution is 0.0779. The first-order valence-corrected chi connectivity index (χ1v) is 6.75. The highest BCUT2D eigenvalue weighted by Crippen LogP contribution is 2.32. The number of rotatable bonds is 4. The molecule has 2 heteroatoms. The average molecular weight is 222 g/mol. The Labute approximate surface area is 101 Å². The Balaban J connectivity index is 2.74. The Kier molecular flexibility index (Phi) is 5.28. The molecule has 1 saturated carbocycles. The first kappa shape index (κ1) is 13.5. The van der Waals surface area contributed by atoms with E-state index in [1.54, 1.807) is 0 Å². The van der Waals surface area contributed by atoms with E-state index < -0.39 is 0 Å². The van der Waals surface area contributed by atoms with Crippen LogP contribution in [0.3, 0.4) is 0 Å². The van der Waals surface area contributed by atoms with Crippen molar-refractivity contribution < 1.29 is 0 Å². The maximum absolute atomic E-state index is 9.27. The highest BCUT2D eigenvalue weighted by molar-refractivity contribution is 4.97. The van der Waals surface area contributed by atoms with Crippen LogP contribution in [-0.4, -0.2) is 23.5 Å². The third-order valence-corrected chi connectivity index (χ3v) is 3.82. The van der Waals surface area contributed by atoms with Crippen LogP contribution in [0.15, 0.2) is 0 Å². The van der Waals surface area contributed by atoms with Gasteiger partial charge in [0.1, 0.15) is 0 Å². The zero-order chi connectivity index (χ0) is 12.1. The van der Waals surface area contributed by atoms with Crippen LogP contribution in [0.5, 0.6) is 0 Å². The van der Waals surface area contributed by atoms with E-state index >= 15 is 0 Å². The molecule has 3 unspecified atom stereocenters. The summed E-state index contributed by atoms with van der Waals surface area (Å²) in [6.45, 7) is 10.2. The van der Waals surface area contributed by atoms with Gasteiger partial charge in [0.05, 0.1) is 12.0 Å². The highest BCUT2D eigenvalue weighted by Gasteiger charge is 2.33. The summed E-state index contributed by atoms with van der Waals surface area (Å²) in [6.07, 6.45) is 4.71. The van der Waals surface area contributed by atoms with Crippen LogP contribution in [0.4, 0.5) is 0 Å². The van der Waals surface area contributed by atoms with E-state index in [2.05, 4.69) is 38.7 Å². The normalized spacial score (nSPS) is 30.7. The van der Waals surface area contributed by atoms with E-state index in [4.69, 9.17) is 0 Å². The maximum Gasteiger partial charge on any atom is 0.0672 e. The zero-order valence-electron chi connectivity index (χ0n) is 11.2. The minimum atomic E-state index is 0.255. The van der Waals surface area contributed by atoms with Crippen LogP contribution in [0, 0.1) is 23.2 Å². The fraction of sp³-hybridized carbons (Fsp3) is 0.929. The van der Waals surface area contributed by atoms with Gasteiger partial charge in [-0.1, -0.05) is 13.8 Å². The maximum atomic E-state index is 9.27. The van der Waals surface area contributed by atoms with Gasteiger partial charge in [-0.2, -0.15) is 5.26 Å². The fourth-order valence-corrected chi connectivity index (χ4v) is 2.93. The lowest BCUT2D eigenvalue weighted by Gasteiger charge is -2.41. The molecule has 0 radical (unpaired) electrons. The SMILES string of the molecule is CCCN(C(C)C)C1CC(C)CCC1C#N. The highest BCUT2D eigenvalue weighted by atomic mass is 15.2. The molecule has 0 aliphatic heterocycles. The molecule has 16 heavy (non-hydrogen) atoms. The molecular weight excluding hydrogens is 196 g/mol. The lowest BCUT2D eigenvalue weighted by atomic mass is 9.78. The van der Waals surface area contributed by atoms with Gasteiger partial charge < -0.3 is 0 Å². The molecule has 3 atom stereocenters. The van der Waals surface area contributed by atoms with Crippen LogP contribution in [0.1, 0.15) is 53.4 Å². The number of nitrogens with zero attached hydrogens (tertiary/aromatic N) is 2. The molecule has 0 heterocycles. The summed E-state index contributed by atoms with van der Waals surface area (Å²) < 4.78 is 0. The number of hydrogen-bond donors (Lipinski definition) is 0. The van der Waals surface area contributed by atoms with Crippen LogP contribution in [0.2, 0.25) is 0 Å². The van der Waals surface area contributed by atoms with Gasteiger partial charge >= 0.3 is 0 Å². The van der Waals surface area contributed by atoms with Gasteiger partial charge in [0.15, 0.2) is 0 Å². The first-order chi connectivity index (χ1) is 7.60. The Bertz CT molecular complexity index is 242. The Hall–Kier alpha value is -0.550. The largest absolute Gasteiger partial charge is 0.297 e. The van der Waals surface area contributed by atoms with Crippen LogP contribution in [-0.2, 0) is 0 Å². The number of hydrogen-bond acceptors (Lipinski definition) is 2. The summed E-state index contributed by atoms with van der Waals surface area (Å²) in [4.78, 5) is 2.55. The van der Waals surface area contributed by atoms with Crippen molar-refractivity contribution in [2.75, 3.05) is 6.54 Å². The summed E-state index contributed by atoms with van der Waals surface area (Å²) in [6, 6.07) is 3.58. The Morgan fingerprint density at radius 1 is 1.38 bits per heavy atom. The van der Waals surface area contributed by atoms with Crippen LogP contribution >= 0.6 is 0 Å². The second-order valence-electron chi connectivity index (χ2n) is 5.55. The third kappa shape index (κ3) is 3.22. The molecule has 0 saturated heterocycles. The summed E-state index contributed by atoms with van der Waals surface area (Å²) in [5.41, 5.74) is 0. The summed E-state index contributed by atoms with van der Waals surface area (Å²) >= 11 is 0. The number of nitriles is 1. The average Bonchev–Trinajstić information content (AvgIpc) is 2.25. The van der Waals surface area contributed by atoms with Crippen molar-refractivity contribution in [3.05, 3.63) is 0 Å². The van der Waals surface area contributed by atoms with Crippen molar-refractivity contribution >= 4 is 0 Å². The molecule has 0 N–H and O–H groups in total. The molecule has 0 amide bonds. The fourth-order valence-electron chi connectivity index (χ4n) is 2.93. The molecule has 1 aliphatic carbocycles. The van der Waals surface area contributed by atoms with E-state index in [-0.39, 0.29) is 5.92 Å². The monoisotopic (exact) mass is 222 g/mol. The van der Waals surface area contributed by atoms with Gasteiger partial charge in [-0.15, -0.1) is 0 Å². The van der Waals surface area contributed by atoms with Crippen molar-refractivity contribution in [3.63, 3.8) is 0 Å². The molecule has 0 aromatic heterocycles. The predicted molar refractivity (Wildman–Crippen MR) is 68.0 cm³/mol. The molecule has 0 bridgehead atoms. The van der Waals surface area contributed by atoms with Gasteiger partial charge in [-0.05, 0) is 52.0 Å². The van der Waals surface area contributed by atoms with E-state index in [1.807, 2.05) is 0 Å². The van der Waals surface area contributed by atoms with Crippen LogP contribution < -0.4 is 0 Å². The van der Waals surface area contributed by atoms with Crippen molar-refractivity contribution in [2.24, 2.45) is 11.8 Å². The summed E-state index contributed by atoms with van der Waals surface area (Å²) in [5.74, 6) is 1.04. The van der Waals surface area contributed by atoms with Crippen molar-refractivity contribution in [2.45, 2.75) is 65.5 Å². The lowest BCUT2D eigenvalue weighted by Crippen LogP contribution is -2.47. The van der Waals surface area contributed by atoms with Crippen molar-refractivity contribution in [3.8, 4) is 6.07 Å². The topological polar surface area (TPSA) is 27.0 Å². The van der Waals surface area contributed by atoms with Gasteiger partial charge in [-0.25, -0.2) is 0 Å². The minimum Gasteiger partial charge on any atom is -0.297 e. The Morgan fingerprint density at radius 2 is 2.06 bits per heavy atom. The van der Waals surface area contributed by atoms with Gasteiger partial charge in [0, 0.05) is 12.1 Å². The minimum absolute atomic E-state index is 0.255. The van der Waals surface area contributed by atoms with Gasteiger partial charge in [-0.3, -0.25) is 4.90 Å². The second kappa shape index (κ2) is 6.25. The predicted octanol–water partition coefficient (Wildman–Crippen LogP) is 3.44. The third-order valence-electron chi connectivity index (χ3n) is 3.82. The smallest absolute Gasteiger partial charge is 0.0672 e. The van der Waals surface area contributed by atoms with E-state index in [1.165, 1.54) is 19.3 Å². The standard InChI is InChI=1S/C14H26N2/c1-5-8-16(11(2)3)14-9-12(4)6-7-13(14)10-15/h11-14H,5-9H2,1-4H3. The molecule has 0 aromatic rings. The van der Waals surface area contributed by atoms with E-state index in [0.717, 1.165) is 18.9 Å². The molecule has 2 nitrogen and oxygen atoms in total. The first-order valence-electron chi connectivity index (χ1n) is 6.75. The molecule has 0 spiro atoms. The van der Waals surface area contributed by atoms with E-state index in [9.17, 15) is 5.26 Å². The summed E-state index contributed by atoms with van der Waals surface area (Å²) in [7, 11) is 0.